The molecule has 0 saturated heterocycles. The lowest BCUT2D eigenvalue weighted by Gasteiger charge is -2.34. The highest BCUT2D eigenvalue weighted by Gasteiger charge is 2.24. The predicted octanol–water partition coefficient (Wildman–Crippen LogP) is 7.86. The van der Waals surface area contributed by atoms with E-state index in [2.05, 4.69) is 119 Å². The zero-order valence-corrected chi connectivity index (χ0v) is 20.9. The van der Waals surface area contributed by atoms with Crippen molar-refractivity contribution in [2.45, 2.75) is 13.1 Å². The fourth-order valence-corrected chi connectivity index (χ4v) is 6.09. The molecule has 2 aliphatic rings. The summed E-state index contributed by atoms with van der Waals surface area (Å²) >= 11 is 0. The first-order valence-corrected chi connectivity index (χ1v) is 13.1. The minimum absolute atomic E-state index is 0.525. The van der Waals surface area contributed by atoms with Crippen molar-refractivity contribution >= 4 is 43.7 Å². The van der Waals surface area contributed by atoms with Gasteiger partial charge in [0.25, 0.3) is 0 Å². The molecular formula is C34H26N2O2. The normalized spacial score (nSPS) is 14.7. The molecule has 0 aromatic heterocycles. The summed E-state index contributed by atoms with van der Waals surface area (Å²) in [5.41, 5.74) is 4.81. The number of ether oxygens (including phenoxy) is 2. The quantitative estimate of drug-likeness (QED) is 0.245. The van der Waals surface area contributed by atoms with Crippen molar-refractivity contribution in [1.29, 1.82) is 0 Å². The molecule has 8 rings (SSSR count). The van der Waals surface area contributed by atoms with E-state index in [-0.39, 0.29) is 0 Å². The monoisotopic (exact) mass is 494 g/mol. The molecule has 184 valence electrons. The number of hydrogen-bond donors (Lipinski definition) is 0. The molecule has 0 radical (unpaired) electrons. The first-order chi connectivity index (χ1) is 18.8. The van der Waals surface area contributed by atoms with Crippen molar-refractivity contribution in [3.63, 3.8) is 0 Å². The van der Waals surface area contributed by atoms with E-state index < -0.39 is 0 Å². The van der Waals surface area contributed by atoms with Crippen LogP contribution in [0.3, 0.4) is 0 Å². The Hall–Kier alpha value is -4.70. The number of hydrogen-bond acceptors (Lipinski definition) is 4. The van der Waals surface area contributed by atoms with E-state index in [9.17, 15) is 0 Å². The molecule has 0 atom stereocenters. The lowest BCUT2D eigenvalue weighted by atomic mass is 10.0. The van der Waals surface area contributed by atoms with Crippen molar-refractivity contribution in [2.24, 2.45) is 0 Å². The van der Waals surface area contributed by atoms with Crippen LogP contribution in [0, 0.1) is 0 Å². The Kier molecular flexibility index (Phi) is 4.74. The smallest absolute Gasteiger partial charge is 0.161 e. The van der Waals surface area contributed by atoms with Crippen molar-refractivity contribution in [3.05, 3.63) is 120 Å². The minimum atomic E-state index is 0.525. The Bertz CT molecular complexity index is 1730. The van der Waals surface area contributed by atoms with Gasteiger partial charge in [-0.1, -0.05) is 97.1 Å². The molecule has 0 aliphatic carbocycles. The highest BCUT2D eigenvalue weighted by Crippen LogP contribution is 2.41. The van der Waals surface area contributed by atoms with Gasteiger partial charge in [-0.15, -0.1) is 0 Å². The van der Waals surface area contributed by atoms with E-state index in [1.165, 1.54) is 54.8 Å². The van der Waals surface area contributed by atoms with Crippen LogP contribution in [0.5, 0.6) is 11.5 Å². The van der Waals surface area contributed by atoms with E-state index in [1.807, 2.05) is 0 Å². The molecule has 2 aliphatic heterocycles. The second-order valence-corrected chi connectivity index (χ2v) is 10.1. The van der Waals surface area contributed by atoms with Gasteiger partial charge >= 0.3 is 0 Å². The standard InChI is InChI=1S/C34H26N2O2/c1-3-9-27-23(7-1)15-17-25-19-35(21-37-33(25)27)31-13-5-12-30-29(31)11-6-14-32(30)36-20-26-18-16-24-8-2-4-10-28(24)34(26)38-22-36/h1-18H,19-22H2. The highest BCUT2D eigenvalue weighted by molar-refractivity contribution is 6.02. The van der Waals surface area contributed by atoms with Gasteiger partial charge in [-0.2, -0.15) is 0 Å². The Balaban J connectivity index is 1.15. The third-order valence-electron chi connectivity index (χ3n) is 7.93. The van der Waals surface area contributed by atoms with Crippen LogP contribution in [0.2, 0.25) is 0 Å². The Morgan fingerprint density at radius 1 is 0.421 bits per heavy atom. The molecule has 0 N–H and O–H groups in total. The van der Waals surface area contributed by atoms with Crippen molar-refractivity contribution in [1.82, 2.24) is 0 Å². The second kappa shape index (κ2) is 8.42. The van der Waals surface area contributed by atoms with Gasteiger partial charge in [0.1, 0.15) is 11.5 Å². The molecule has 0 fully saturated rings. The highest BCUT2D eigenvalue weighted by atomic mass is 16.5. The number of rotatable bonds is 2. The summed E-state index contributed by atoms with van der Waals surface area (Å²) in [5.74, 6) is 2.02. The summed E-state index contributed by atoms with van der Waals surface area (Å²) in [4.78, 5) is 4.66. The zero-order valence-electron chi connectivity index (χ0n) is 20.9. The van der Waals surface area contributed by atoms with Crippen LogP contribution in [-0.4, -0.2) is 13.5 Å². The first kappa shape index (κ1) is 21.4. The van der Waals surface area contributed by atoms with Gasteiger partial charge in [0.15, 0.2) is 13.5 Å². The van der Waals surface area contributed by atoms with Crippen LogP contribution >= 0.6 is 0 Å². The summed E-state index contributed by atoms with van der Waals surface area (Å²) in [6.07, 6.45) is 0. The molecule has 38 heavy (non-hydrogen) atoms. The second-order valence-electron chi connectivity index (χ2n) is 10.1. The van der Waals surface area contributed by atoms with E-state index in [0.29, 0.717) is 13.5 Å². The van der Waals surface area contributed by atoms with Crippen molar-refractivity contribution < 1.29 is 9.47 Å². The van der Waals surface area contributed by atoms with Gasteiger partial charge in [0.2, 0.25) is 0 Å². The number of fused-ring (bicyclic) bond motifs is 7. The van der Waals surface area contributed by atoms with Crippen LogP contribution in [0.25, 0.3) is 32.3 Å². The average Bonchev–Trinajstić information content (AvgIpc) is 2.99. The molecule has 0 spiro atoms. The van der Waals surface area contributed by atoms with Crippen LogP contribution in [0.1, 0.15) is 11.1 Å². The van der Waals surface area contributed by atoms with Gasteiger partial charge in [-0.3, -0.25) is 0 Å². The topological polar surface area (TPSA) is 24.9 Å². The zero-order chi connectivity index (χ0) is 25.1. The largest absolute Gasteiger partial charge is 0.472 e. The third-order valence-corrected chi connectivity index (χ3v) is 7.93. The van der Waals surface area contributed by atoms with E-state index in [0.717, 1.165) is 24.6 Å². The summed E-state index contributed by atoms with van der Waals surface area (Å²) in [7, 11) is 0. The molecule has 4 heteroatoms. The minimum Gasteiger partial charge on any atom is -0.472 e. The van der Waals surface area contributed by atoms with Gasteiger partial charge in [0.05, 0.1) is 0 Å². The number of benzene rings is 6. The summed E-state index contributed by atoms with van der Waals surface area (Å²) < 4.78 is 12.7. The average molecular weight is 495 g/mol. The maximum absolute atomic E-state index is 6.37. The first-order valence-electron chi connectivity index (χ1n) is 13.1. The summed E-state index contributed by atoms with van der Waals surface area (Å²) in [5, 5.41) is 7.25. The lowest BCUT2D eigenvalue weighted by Crippen LogP contribution is -2.33. The molecule has 4 nitrogen and oxygen atoms in total. The molecule has 2 heterocycles. The van der Waals surface area contributed by atoms with Gasteiger partial charge in [0, 0.05) is 57.1 Å². The maximum atomic E-state index is 6.37. The number of nitrogens with zero attached hydrogens (tertiary/aromatic N) is 2. The fraction of sp³-hybridized carbons (Fsp3) is 0.118. The van der Waals surface area contributed by atoms with E-state index in [4.69, 9.17) is 9.47 Å². The lowest BCUT2D eigenvalue weighted by molar-refractivity contribution is 0.293. The van der Waals surface area contributed by atoms with Gasteiger partial charge in [-0.25, -0.2) is 0 Å². The van der Waals surface area contributed by atoms with Gasteiger partial charge in [-0.05, 0) is 22.9 Å². The van der Waals surface area contributed by atoms with E-state index >= 15 is 0 Å². The Morgan fingerprint density at radius 3 is 1.37 bits per heavy atom. The van der Waals surface area contributed by atoms with E-state index in [1.54, 1.807) is 0 Å². The SMILES string of the molecule is c1ccc2c3c(ccc2c1)CN(c1cccc2c(N4COc5c(ccc6ccccc56)C4)cccc12)CO3. The Labute approximate surface area is 221 Å². The van der Waals surface area contributed by atoms with Crippen LogP contribution in [0.15, 0.2) is 109 Å². The summed E-state index contributed by atoms with van der Waals surface area (Å²) in [6, 6.07) is 38.8. The van der Waals surface area contributed by atoms with Crippen LogP contribution in [0.4, 0.5) is 11.4 Å². The molecule has 0 unspecified atom stereocenters. The molecule has 6 aromatic rings. The molecule has 0 saturated carbocycles. The van der Waals surface area contributed by atoms with Crippen molar-refractivity contribution in [2.75, 3.05) is 23.3 Å². The number of anilines is 2. The Morgan fingerprint density at radius 2 is 0.868 bits per heavy atom. The molecular weight excluding hydrogens is 468 g/mol. The fourth-order valence-electron chi connectivity index (χ4n) is 6.09. The molecule has 0 amide bonds. The van der Waals surface area contributed by atoms with Gasteiger partial charge < -0.3 is 19.3 Å². The maximum Gasteiger partial charge on any atom is 0.161 e. The molecule has 6 aromatic carbocycles. The van der Waals surface area contributed by atoms with Crippen molar-refractivity contribution in [3.8, 4) is 11.5 Å². The van der Waals surface area contributed by atoms with Crippen LogP contribution < -0.4 is 19.3 Å². The van der Waals surface area contributed by atoms with Crippen LogP contribution in [-0.2, 0) is 13.1 Å². The molecule has 0 bridgehead atoms. The third kappa shape index (κ3) is 3.30. The summed E-state index contributed by atoms with van der Waals surface area (Å²) in [6.45, 7) is 2.68. The predicted molar refractivity (Wildman–Crippen MR) is 155 cm³/mol.